The molecule has 1 N–H and O–H groups in total. The number of hydrogen-bond donors (Lipinski definition) is 1. The first-order chi connectivity index (χ1) is 13.5. The van der Waals surface area contributed by atoms with Crippen molar-refractivity contribution < 1.29 is 9.47 Å². The molecule has 0 aliphatic carbocycles. The Morgan fingerprint density at radius 1 is 1.18 bits per heavy atom. The lowest BCUT2D eigenvalue weighted by atomic mass is 10.1. The van der Waals surface area contributed by atoms with Crippen molar-refractivity contribution in [2.24, 2.45) is 4.99 Å². The number of aromatic nitrogens is 2. The summed E-state index contributed by atoms with van der Waals surface area (Å²) in [4.78, 5) is 10.8. The number of unbranched alkanes of at least 4 members (excludes halogenated alkanes) is 1. The highest BCUT2D eigenvalue weighted by Crippen LogP contribution is 2.30. The zero-order chi connectivity index (χ0) is 20.5. The minimum absolute atomic E-state index is 0.736. The fourth-order valence-corrected chi connectivity index (χ4v) is 3.16. The van der Waals surface area contributed by atoms with Gasteiger partial charge < -0.3 is 24.3 Å². The molecule has 0 amide bonds. The Labute approximate surface area is 168 Å². The lowest BCUT2D eigenvalue weighted by molar-refractivity contribution is 0.353. The van der Waals surface area contributed by atoms with Gasteiger partial charge in [0.25, 0.3) is 0 Å². The molecule has 0 unspecified atom stereocenters. The van der Waals surface area contributed by atoms with Crippen molar-refractivity contribution in [2.45, 2.75) is 39.8 Å². The molecule has 0 radical (unpaired) electrons. The van der Waals surface area contributed by atoms with Gasteiger partial charge in [0, 0.05) is 46.1 Å². The number of nitrogens with one attached hydrogen (secondary N) is 1. The van der Waals surface area contributed by atoms with Crippen LogP contribution < -0.4 is 14.8 Å². The molecule has 7 nitrogen and oxygen atoms in total. The number of guanidine groups is 1. The van der Waals surface area contributed by atoms with E-state index in [1.807, 2.05) is 45.5 Å². The summed E-state index contributed by atoms with van der Waals surface area (Å²) in [5.74, 6) is 3.44. The molecule has 1 heterocycles. The van der Waals surface area contributed by atoms with Crippen molar-refractivity contribution in [1.29, 1.82) is 0 Å². The van der Waals surface area contributed by atoms with E-state index in [0.717, 1.165) is 61.3 Å². The van der Waals surface area contributed by atoms with Crippen LogP contribution in [0, 0.1) is 13.8 Å². The van der Waals surface area contributed by atoms with Crippen LogP contribution in [0.15, 0.2) is 29.5 Å². The highest BCUT2D eigenvalue weighted by Gasteiger charge is 2.12. The molecule has 1 aromatic carbocycles. The number of benzene rings is 1. The van der Waals surface area contributed by atoms with Gasteiger partial charge in [-0.2, -0.15) is 0 Å². The van der Waals surface area contributed by atoms with Crippen LogP contribution in [0.25, 0.3) is 0 Å². The molecular formula is C21H33N5O2. The Balaban J connectivity index is 1.86. The quantitative estimate of drug-likeness (QED) is 0.407. The van der Waals surface area contributed by atoms with Crippen molar-refractivity contribution in [1.82, 2.24) is 19.8 Å². The zero-order valence-electron chi connectivity index (χ0n) is 18.0. The van der Waals surface area contributed by atoms with E-state index in [4.69, 9.17) is 9.47 Å². The maximum Gasteiger partial charge on any atom is 0.193 e. The van der Waals surface area contributed by atoms with Crippen molar-refractivity contribution in [3.8, 4) is 11.5 Å². The average molecular weight is 388 g/mol. The number of methoxy groups -OCH3 is 2. The number of hydrogen-bond acceptors (Lipinski definition) is 4. The molecule has 28 heavy (non-hydrogen) atoms. The molecule has 2 aromatic rings. The zero-order valence-corrected chi connectivity index (χ0v) is 18.0. The maximum atomic E-state index is 5.44. The fourth-order valence-electron chi connectivity index (χ4n) is 3.16. The molecule has 7 heteroatoms. The first-order valence-electron chi connectivity index (χ1n) is 9.61. The lowest BCUT2D eigenvalue weighted by Gasteiger charge is -2.23. The SMILES string of the molecule is CN=C(NCCCCn1ccnc1C)N(C)Cc1cc(OC)c(OC)cc1C. The number of nitrogens with zero attached hydrogens (tertiary/aromatic N) is 4. The Morgan fingerprint density at radius 3 is 2.50 bits per heavy atom. The van der Waals surface area contributed by atoms with Crippen molar-refractivity contribution in [3.05, 3.63) is 41.5 Å². The number of rotatable bonds is 9. The van der Waals surface area contributed by atoms with Gasteiger partial charge in [-0.15, -0.1) is 0 Å². The molecule has 1 aromatic heterocycles. The normalized spacial score (nSPS) is 11.4. The van der Waals surface area contributed by atoms with Gasteiger partial charge in [0.15, 0.2) is 17.5 Å². The van der Waals surface area contributed by atoms with Crippen LogP contribution in [0.1, 0.15) is 29.8 Å². The molecule has 0 spiro atoms. The van der Waals surface area contributed by atoms with Gasteiger partial charge in [-0.3, -0.25) is 4.99 Å². The van der Waals surface area contributed by atoms with Crippen LogP contribution in [0.2, 0.25) is 0 Å². The second-order valence-electron chi connectivity index (χ2n) is 6.84. The van der Waals surface area contributed by atoms with E-state index in [1.165, 1.54) is 5.56 Å². The fraction of sp³-hybridized carbons (Fsp3) is 0.524. The topological polar surface area (TPSA) is 63.9 Å². The predicted molar refractivity (Wildman–Crippen MR) is 113 cm³/mol. The van der Waals surface area contributed by atoms with Crippen molar-refractivity contribution in [2.75, 3.05) is 34.9 Å². The second kappa shape index (κ2) is 10.6. The van der Waals surface area contributed by atoms with E-state index in [2.05, 4.69) is 31.7 Å². The summed E-state index contributed by atoms with van der Waals surface area (Å²) < 4.78 is 13.0. The van der Waals surface area contributed by atoms with Crippen LogP contribution in [-0.4, -0.2) is 55.3 Å². The van der Waals surface area contributed by atoms with Crippen molar-refractivity contribution in [3.63, 3.8) is 0 Å². The largest absolute Gasteiger partial charge is 0.493 e. The monoisotopic (exact) mass is 387 g/mol. The number of aliphatic imine (C=N–C) groups is 1. The Morgan fingerprint density at radius 2 is 1.89 bits per heavy atom. The van der Waals surface area contributed by atoms with E-state index < -0.39 is 0 Å². The summed E-state index contributed by atoms with van der Waals surface area (Å²) in [5.41, 5.74) is 2.34. The molecule has 0 saturated carbocycles. The Bertz CT molecular complexity index is 785. The molecule has 154 valence electrons. The van der Waals surface area contributed by atoms with E-state index in [0.29, 0.717) is 0 Å². The summed E-state index contributed by atoms with van der Waals surface area (Å²) in [6.45, 7) is 6.73. The third-order valence-corrected chi connectivity index (χ3v) is 4.86. The number of aryl methyl sites for hydroxylation is 3. The summed E-state index contributed by atoms with van der Waals surface area (Å²) in [6.07, 6.45) is 6.04. The number of ether oxygens (including phenoxy) is 2. The Hall–Kier alpha value is -2.70. The summed E-state index contributed by atoms with van der Waals surface area (Å²) in [5, 5.41) is 3.45. The van der Waals surface area contributed by atoms with Crippen LogP contribution in [-0.2, 0) is 13.1 Å². The highest BCUT2D eigenvalue weighted by molar-refractivity contribution is 5.79. The van der Waals surface area contributed by atoms with Crippen LogP contribution >= 0.6 is 0 Å². The van der Waals surface area contributed by atoms with Gasteiger partial charge in [0.05, 0.1) is 14.2 Å². The molecule has 0 bridgehead atoms. The molecule has 0 saturated heterocycles. The smallest absolute Gasteiger partial charge is 0.193 e. The van der Waals surface area contributed by atoms with Gasteiger partial charge in [0.2, 0.25) is 0 Å². The molecule has 0 fully saturated rings. The summed E-state index contributed by atoms with van der Waals surface area (Å²) in [6, 6.07) is 4.04. The van der Waals surface area contributed by atoms with E-state index >= 15 is 0 Å². The number of imidazole rings is 1. The molecule has 0 aliphatic rings. The summed E-state index contributed by atoms with van der Waals surface area (Å²) in [7, 11) is 7.17. The molecule has 0 aliphatic heterocycles. The van der Waals surface area contributed by atoms with Crippen molar-refractivity contribution >= 4 is 5.96 Å². The first kappa shape index (κ1) is 21.6. The van der Waals surface area contributed by atoms with Crippen LogP contribution in [0.4, 0.5) is 0 Å². The molecular weight excluding hydrogens is 354 g/mol. The van der Waals surface area contributed by atoms with Gasteiger partial charge in [0.1, 0.15) is 5.82 Å². The predicted octanol–water partition coefficient (Wildman–Crippen LogP) is 3.00. The molecule has 2 rings (SSSR count). The summed E-state index contributed by atoms with van der Waals surface area (Å²) >= 11 is 0. The standard InChI is InChI=1S/C21H33N5O2/c1-16-13-19(27-5)20(28-6)14-18(16)15-25(4)21(22-3)24-9-7-8-11-26-12-10-23-17(26)2/h10,12-14H,7-9,11,15H2,1-6H3,(H,22,24). The van der Waals surface area contributed by atoms with Crippen LogP contribution in [0.3, 0.4) is 0 Å². The third kappa shape index (κ3) is 5.65. The lowest BCUT2D eigenvalue weighted by Crippen LogP contribution is -2.39. The second-order valence-corrected chi connectivity index (χ2v) is 6.84. The van der Waals surface area contributed by atoms with Gasteiger partial charge in [-0.05, 0) is 49.9 Å². The molecule has 0 atom stereocenters. The third-order valence-electron chi connectivity index (χ3n) is 4.86. The minimum atomic E-state index is 0.736. The highest BCUT2D eigenvalue weighted by atomic mass is 16.5. The van der Waals surface area contributed by atoms with Crippen LogP contribution in [0.5, 0.6) is 11.5 Å². The first-order valence-corrected chi connectivity index (χ1v) is 9.61. The van der Waals surface area contributed by atoms with E-state index in [9.17, 15) is 0 Å². The van der Waals surface area contributed by atoms with E-state index in [-0.39, 0.29) is 0 Å². The average Bonchev–Trinajstić information content (AvgIpc) is 3.10. The maximum absolute atomic E-state index is 5.44. The van der Waals surface area contributed by atoms with Gasteiger partial charge in [-0.25, -0.2) is 4.98 Å². The Kier molecular flexibility index (Phi) is 8.17. The minimum Gasteiger partial charge on any atom is -0.493 e. The van der Waals surface area contributed by atoms with Gasteiger partial charge >= 0.3 is 0 Å². The van der Waals surface area contributed by atoms with E-state index in [1.54, 1.807) is 14.2 Å². The van der Waals surface area contributed by atoms with Gasteiger partial charge in [-0.1, -0.05) is 0 Å².